The van der Waals surface area contributed by atoms with Crippen molar-refractivity contribution in [3.63, 3.8) is 0 Å². The monoisotopic (exact) mass is 497 g/mol. The first kappa shape index (κ1) is 24.4. The molecule has 0 atom stereocenters. The van der Waals surface area contributed by atoms with Crippen molar-refractivity contribution in [2.75, 3.05) is 66.6 Å². The Morgan fingerprint density at radius 3 is 2.37 bits per heavy atom. The first-order valence-electron chi connectivity index (χ1n) is 9.58. The second kappa shape index (κ2) is 12.0. The fourth-order valence-electron chi connectivity index (χ4n) is 3.46. The molecule has 0 aromatic rings. The molecule has 2 rings (SSSR count). The lowest BCUT2D eigenvalue weighted by Crippen LogP contribution is -2.56. The van der Waals surface area contributed by atoms with Gasteiger partial charge in [-0.2, -0.15) is 0 Å². The van der Waals surface area contributed by atoms with E-state index >= 15 is 0 Å². The molecule has 8 nitrogen and oxygen atoms in total. The molecule has 9 heteroatoms. The van der Waals surface area contributed by atoms with E-state index in [0.29, 0.717) is 6.54 Å². The van der Waals surface area contributed by atoms with Crippen LogP contribution in [0.15, 0.2) is 4.99 Å². The molecule has 2 aliphatic heterocycles. The Balaban J connectivity index is 0.00000364. The molecule has 0 unspecified atom stereocenters. The number of carbonyl (C=O) groups excluding carboxylic acids is 1. The molecule has 0 saturated carbocycles. The number of guanidine groups is 1. The highest BCUT2D eigenvalue weighted by Crippen LogP contribution is 2.23. The molecule has 0 bridgehead atoms. The predicted octanol–water partition coefficient (Wildman–Crippen LogP) is 0.518. The quantitative estimate of drug-likeness (QED) is 0.317. The van der Waals surface area contributed by atoms with E-state index in [2.05, 4.69) is 25.4 Å². The number of hydrogen-bond acceptors (Lipinski definition) is 5. The average Bonchev–Trinajstić information content (AvgIpc) is 2.63. The molecule has 27 heavy (non-hydrogen) atoms. The Bertz CT molecular complexity index is 476. The van der Waals surface area contributed by atoms with Gasteiger partial charge in [0.2, 0.25) is 5.91 Å². The second-order valence-corrected chi connectivity index (χ2v) is 7.39. The number of nitrogens with one attached hydrogen (secondary N) is 2. The van der Waals surface area contributed by atoms with Crippen molar-refractivity contribution in [3.8, 4) is 0 Å². The minimum absolute atomic E-state index is 0. The summed E-state index contributed by atoms with van der Waals surface area (Å²) in [5.74, 6) is 0.997. The van der Waals surface area contributed by atoms with E-state index < -0.39 is 0 Å². The first-order valence-corrected chi connectivity index (χ1v) is 9.58. The topological polar surface area (TPSA) is 78.4 Å². The van der Waals surface area contributed by atoms with E-state index in [4.69, 9.17) is 9.47 Å². The summed E-state index contributed by atoms with van der Waals surface area (Å²) >= 11 is 0. The van der Waals surface area contributed by atoms with Crippen molar-refractivity contribution >= 4 is 35.8 Å². The SMILES string of the molecule is CN=C(NCC1(OC)CCOCC1)N1CCN(CC(=O)NC(C)C)CC1.I. The average molecular weight is 497 g/mol. The Kier molecular flexibility index (Phi) is 10.9. The maximum absolute atomic E-state index is 11.9. The smallest absolute Gasteiger partial charge is 0.234 e. The van der Waals surface area contributed by atoms with Crippen LogP contribution in [0.3, 0.4) is 0 Å². The number of carbonyl (C=O) groups is 1. The zero-order chi connectivity index (χ0) is 19.0. The molecule has 0 aliphatic carbocycles. The maximum Gasteiger partial charge on any atom is 0.234 e. The lowest BCUT2D eigenvalue weighted by atomic mass is 9.94. The molecule has 1 amide bonds. The van der Waals surface area contributed by atoms with Gasteiger partial charge in [0, 0.05) is 79.0 Å². The van der Waals surface area contributed by atoms with E-state index in [9.17, 15) is 4.79 Å². The van der Waals surface area contributed by atoms with Crippen molar-refractivity contribution < 1.29 is 14.3 Å². The Morgan fingerprint density at radius 1 is 1.22 bits per heavy atom. The summed E-state index contributed by atoms with van der Waals surface area (Å²) in [7, 11) is 3.59. The molecule has 0 radical (unpaired) electrons. The van der Waals surface area contributed by atoms with Gasteiger partial charge in [-0.25, -0.2) is 0 Å². The number of aliphatic imine (C=N–C) groups is 1. The van der Waals surface area contributed by atoms with Gasteiger partial charge < -0.3 is 25.0 Å². The number of halogens is 1. The highest BCUT2D eigenvalue weighted by molar-refractivity contribution is 14.0. The molecule has 0 spiro atoms. The summed E-state index contributed by atoms with van der Waals surface area (Å²) in [5, 5.41) is 6.43. The molecule has 0 aromatic heterocycles. The van der Waals surface area contributed by atoms with E-state index in [-0.39, 0.29) is 41.5 Å². The molecule has 158 valence electrons. The van der Waals surface area contributed by atoms with Crippen LogP contribution in [0.25, 0.3) is 0 Å². The van der Waals surface area contributed by atoms with Crippen molar-refractivity contribution in [2.45, 2.75) is 38.3 Å². The van der Waals surface area contributed by atoms with Crippen LogP contribution in [0.1, 0.15) is 26.7 Å². The third-order valence-corrected chi connectivity index (χ3v) is 5.11. The third kappa shape index (κ3) is 7.71. The van der Waals surface area contributed by atoms with Crippen molar-refractivity contribution in [1.82, 2.24) is 20.4 Å². The van der Waals surface area contributed by atoms with Crippen molar-refractivity contribution in [1.29, 1.82) is 0 Å². The van der Waals surface area contributed by atoms with Crippen LogP contribution in [0.4, 0.5) is 0 Å². The van der Waals surface area contributed by atoms with Gasteiger partial charge in [-0.1, -0.05) is 0 Å². The zero-order valence-corrected chi connectivity index (χ0v) is 19.5. The van der Waals surface area contributed by atoms with Gasteiger partial charge in [-0.3, -0.25) is 14.7 Å². The van der Waals surface area contributed by atoms with Gasteiger partial charge in [0.05, 0.1) is 12.1 Å². The molecule has 2 fully saturated rings. The van der Waals surface area contributed by atoms with E-state index in [1.165, 1.54) is 0 Å². The number of amides is 1. The zero-order valence-electron chi connectivity index (χ0n) is 17.1. The molecule has 2 saturated heterocycles. The summed E-state index contributed by atoms with van der Waals surface area (Å²) in [6.07, 6.45) is 1.79. The number of methoxy groups -OCH3 is 1. The van der Waals surface area contributed by atoms with Crippen LogP contribution in [-0.4, -0.2) is 99.9 Å². The molecule has 2 N–H and O–H groups in total. The molecule has 0 aromatic carbocycles. The van der Waals surface area contributed by atoms with Gasteiger partial charge in [-0.05, 0) is 13.8 Å². The third-order valence-electron chi connectivity index (χ3n) is 5.11. The summed E-state index contributed by atoms with van der Waals surface area (Å²) < 4.78 is 11.2. The van der Waals surface area contributed by atoms with E-state index in [1.807, 2.05) is 20.9 Å². The lowest BCUT2D eigenvalue weighted by molar-refractivity contribution is -0.123. The van der Waals surface area contributed by atoms with Crippen LogP contribution in [-0.2, 0) is 14.3 Å². The maximum atomic E-state index is 11.9. The van der Waals surface area contributed by atoms with Crippen LogP contribution in [0, 0.1) is 0 Å². The summed E-state index contributed by atoms with van der Waals surface area (Å²) in [6, 6.07) is 0.185. The van der Waals surface area contributed by atoms with E-state index in [1.54, 1.807) is 7.11 Å². The first-order chi connectivity index (χ1) is 12.5. The highest BCUT2D eigenvalue weighted by Gasteiger charge is 2.33. The van der Waals surface area contributed by atoms with Gasteiger partial charge in [0.15, 0.2) is 5.96 Å². The molecular formula is C18H36IN5O3. The van der Waals surface area contributed by atoms with Gasteiger partial charge >= 0.3 is 0 Å². The number of nitrogens with zero attached hydrogens (tertiary/aromatic N) is 3. The summed E-state index contributed by atoms with van der Waals surface area (Å²) in [4.78, 5) is 20.8. The number of piperazine rings is 1. The summed E-state index contributed by atoms with van der Waals surface area (Å²) in [6.45, 7) is 10.1. The highest BCUT2D eigenvalue weighted by atomic mass is 127. The van der Waals surface area contributed by atoms with Crippen LogP contribution in [0.2, 0.25) is 0 Å². The predicted molar refractivity (Wildman–Crippen MR) is 118 cm³/mol. The fourth-order valence-corrected chi connectivity index (χ4v) is 3.46. The van der Waals surface area contributed by atoms with Crippen LogP contribution in [0.5, 0.6) is 0 Å². The lowest BCUT2D eigenvalue weighted by Gasteiger charge is -2.39. The largest absolute Gasteiger partial charge is 0.381 e. The Morgan fingerprint density at radius 2 is 1.85 bits per heavy atom. The number of ether oxygens (including phenoxy) is 2. The summed E-state index contributed by atoms with van der Waals surface area (Å²) in [5.41, 5.74) is -0.176. The van der Waals surface area contributed by atoms with Crippen molar-refractivity contribution in [3.05, 3.63) is 0 Å². The minimum atomic E-state index is -0.176. The molecular weight excluding hydrogens is 461 g/mol. The molecule has 2 aliphatic rings. The Labute approximate surface area is 180 Å². The van der Waals surface area contributed by atoms with Crippen LogP contribution < -0.4 is 10.6 Å². The minimum Gasteiger partial charge on any atom is -0.381 e. The second-order valence-electron chi connectivity index (χ2n) is 7.39. The molecule has 2 heterocycles. The van der Waals surface area contributed by atoms with Gasteiger partial charge in [-0.15, -0.1) is 24.0 Å². The van der Waals surface area contributed by atoms with E-state index in [0.717, 1.165) is 64.7 Å². The normalized spacial score (nSPS) is 20.9. The number of hydrogen-bond donors (Lipinski definition) is 2. The van der Waals surface area contributed by atoms with Crippen LogP contribution >= 0.6 is 24.0 Å². The van der Waals surface area contributed by atoms with Crippen molar-refractivity contribution in [2.24, 2.45) is 4.99 Å². The van der Waals surface area contributed by atoms with Gasteiger partial charge in [0.1, 0.15) is 0 Å². The Hall–Kier alpha value is -0.650. The standard InChI is InChI=1S/C18H35N5O3.HI/c1-15(2)21-16(24)13-22-7-9-23(10-8-22)17(19-3)20-14-18(25-4)5-11-26-12-6-18;/h15H,5-14H2,1-4H3,(H,19,20)(H,21,24);1H. The van der Waals surface area contributed by atoms with Gasteiger partial charge in [0.25, 0.3) is 0 Å². The fraction of sp³-hybridized carbons (Fsp3) is 0.889. The number of rotatable bonds is 6.